The molecule has 0 aliphatic heterocycles. The zero-order valence-corrected chi connectivity index (χ0v) is 20.5. The summed E-state index contributed by atoms with van der Waals surface area (Å²) in [5.74, 6) is 1.54. The fraction of sp³-hybridized carbons (Fsp3) is 0.222. The Morgan fingerprint density at radius 1 is 1.12 bits per heavy atom. The van der Waals surface area contributed by atoms with Crippen molar-refractivity contribution < 1.29 is 4.74 Å². The van der Waals surface area contributed by atoms with Crippen LogP contribution in [0.3, 0.4) is 0 Å². The van der Waals surface area contributed by atoms with Crippen LogP contribution in [0.15, 0.2) is 81.1 Å². The van der Waals surface area contributed by atoms with Gasteiger partial charge in [-0.05, 0) is 66.9 Å². The number of fused-ring (bicyclic) bond motifs is 1. The molecule has 4 rings (SSSR count). The van der Waals surface area contributed by atoms with E-state index in [4.69, 9.17) is 9.72 Å². The fourth-order valence-corrected chi connectivity index (χ4v) is 3.88. The van der Waals surface area contributed by atoms with Gasteiger partial charge < -0.3 is 4.74 Å². The number of hydrogen-bond acceptors (Lipinski definition) is 4. The summed E-state index contributed by atoms with van der Waals surface area (Å²) in [6.45, 7) is 6.71. The molecule has 1 heterocycles. The molecular formula is C27H26BrN3O2. The van der Waals surface area contributed by atoms with Crippen LogP contribution >= 0.6 is 15.9 Å². The lowest BCUT2D eigenvalue weighted by molar-refractivity contribution is 0.306. The molecule has 0 bridgehead atoms. The number of ether oxygens (including phenoxy) is 1. The van der Waals surface area contributed by atoms with Crippen molar-refractivity contribution in [1.29, 1.82) is 0 Å². The van der Waals surface area contributed by atoms with Gasteiger partial charge in [0.25, 0.3) is 5.56 Å². The highest BCUT2D eigenvalue weighted by Gasteiger charge is 2.15. The number of aromatic nitrogens is 2. The monoisotopic (exact) mass is 503 g/mol. The van der Waals surface area contributed by atoms with E-state index in [0.717, 1.165) is 27.8 Å². The molecule has 0 aliphatic carbocycles. The van der Waals surface area contributed by atoms with Crippen molar-refractivity contribution in [2.24, 2.45) is 5.10 Å². The third-order valence-corrected chi connectivity index (χ3v) is 6.07. The summed E-state index contributed by atoms with van der Waals surface area (Å²) < 4.78 is 8.15. The van der Waals surface area contributed by atoms with Crippen molar-refractivity contribution in [3.05, 3.63) is 104 Å². The summed E-state index contributed by atoms with van der Waals surface area (Å²) in [6.07, 6.45) is 2.54. The standard InChI is InChI=1S/C27H26BrN3O2/c1-4-19(3)26-30-25-13-10-22(28)15-24(25)27(32)31(26)29-16-20-8-11-23(12-9-20)33-17-21-7-5-6-18(2)14-21/h5-16,19H,4,17H2,1-3H3/t19-/m1/s1. The van der Waals surface area contributed by atoms with Crippen LogP contribution in [0.4, 0.5) is 0 Å². The van der Waals surface area contributed by atoms with Crippen LogP contribution < -0.4 is 10.3 Å². The summed E-state index contributed by atoms with van der Waals surface area (Å²) in [4.78, 5) is 18.0. The molecule has 0 N–H and O–H groups in total. The van der Waals surface area contributed by atoms with E-state index in [0.29, 0.717) is 23.3 Å². The molecule has 168 valence electrons. The number of aryl methyl sites for hydroxylation is 1. The second-order valence-corrected chi connectivity index (χ2v) is 9.06. The quantitative estimate of drug-likeness (QED) is 0.272. The number of nitrogens with zero attached hydrogens (tertiary/aromatic N) is 3. The Kier molecular flexibility index (Phi) is 7.04. The minimum absolute atomic E-state index is 0.0975. The highest BCUT2D eigenvalue weighted by molar-refractivity contribution is 9.10. The number of halogens is 1. The van der Waals surface area contributed by atoms with E-state index in [9.17, 15) is 4.79 Å². The van der Waals surface area contributed by atoms with E-state index in [1.807, 2.05) is 42.5 Å². The zero-order chi connectivity index (χ0) is 23.4. The largest absolute Gasteiger partial charge is 0.489 e. The van der Waals surface area contributed by atoms with Crippen LogP contribution in [0.2, 0.25) is 0 Å². The van der Waals surface area contributed by atoms with Crippen LogP contribution in [-0.2, 0) is 6.61 Å². The van der Waals surface area contributed by atoms with E-state index in [2.05, 4.69) is 60.0 Å². The summed E-state index contributed by atoms with van der Waals surface area (Å²) in [5.41, 5.74) is 3.72. The first-order chi connectivity index (χ1) is 15.9. The van der Waals surface area contributed by atoms with Crippen molar-refractivity contribution >= 4 is 33.0 Å². The van der Waals surface area contributed by atoms with Gasteiger partial charge in [-0.2, -0.15) is 9.78 Å². The van der Waals surface area contributed by atoms with Gasteiger partial charge in [-0.25, -0.2) is 4.98 Å². The Balaban J connectivity index is 1.58. The summed E-state index contributed by atoms with van der Waals surface area (Å²) in [7, 11) is 0. The average molecular weight is 504 g/mol. The molecule has 1 aromatic heterocycles. The SMILES string of the molecule is CC[C@@H](C)c1nc2ccc(Br)cc2c(=O)n1N=Cc1ccc(OCc2cccc(C)c2)cc1. The molecule has 0 fully saturated rings. The highest BCUT2D eigenvalue weighted by Crippen LogP contribution is 2.21. The molecule has 1 atom stereocenters. The highest BCUT2D eigenvalue weighted by atomic mass is 79.9. The first-order valence-electron chi connectivity index (χ1n) is 11.0. The predicted octanol–water partition coefficient (Wildman–Crippen LogP) is 6.44. The smallest absolute Gasteiger partial charge is 0.282 e. The molecule has 3 aromatic carbocycles. The molecule has 0 spiro atoms. The first-order valence-corrected chi connectivity index (χ1v) is 11.8. The molecule has 0 unspecified atom stereocenters. The van der Waals surface area contributed by atoms with Crippen LogP contribution in [-0.4, -0.2) is 15.9 Å². The van der Waals surface area contributed by atoms with Gasteiger partial charge >= 0.3 is 0 Å². The maximum atomic E-state index is 13.2. The molecular weight excluding hydrogens is 478 g/mol. The predicted molar refractivity (Wildman–Crippen MR) is 137 cm³/mol. The molecule has 0 amide bonds. The van der Waals surface area contributed by atoms with Gasteiger partial charge in [-0.3, -0.25) is 4.79 Å². The van der Waals surface area contributed by atoms with Gasteiger partial charge in [0.15, 0.2) is 0 Å². The van der Waals surface area contributed by atoms with Crippen molar-refractivity contribution in [3.8, 4) is 5.75 Å². The molecule has 5 nitrogen and oxygen atoms in total. The van der Waals surface area contributed by atoms with Crippen molar-refractivity contribution in [2.75, 3.05) is 0 Å². The maximum Gasteiger partial charge on any atom is 0.282 e. The third kappa shape index (κ3) is 5.40. The van der Waals surface area contributed by atoms with E-state index < -0.39 is 0 Å². The van der Waals surface area contributed by atoms with Gasteiger partial charge in [0.2, 0.25) is 0 Å². The molecule has 0 radical (unpaired) electrons. The Morgan fingerprint density at radius 2 is 1.91 bits per heavy atom. The molecule has 0 saturated heterocycles. The van der Waals surface area contributed by atoms with Crippen LogP contribution in [0.25, 0.3) is 10.9 Å². The maximum absolute atomic E-state index is 13.2. The van der Waals surface area contributed by atoms with Gasteiger partial charge in [-0.15, -0.1) is 0 Å². The average Bonchev–Trinajstić information content (AvgIpc) is 2.82. The third-order valence-electron chi connectivity index (χ3n) is 5.58. The number of benzene rings is 3. The minimum atomic E-state index is -0.175. The Labute approximate surface area is 201 Å². The second-order valence-electron chi connectivity index (χ2n) is 8.15. The van der Waals surface area contributed by atoms with E-state index in [1.165, 1.54) is 10.2 Å². The van der Waals surface area contributed by atoms with Gasteiger partial charge in [0.1, 0.15) is 18.2 Å². The van der Waals surface area contributed by atoms with Crippen molar-refractivity contribution in [1.82, 2.24) is 9.66 Å². The van der Waals surface area contributed by atoms with E-state index in [-0.39, 0.29) is 11.5 Å². The van der Waals surface area contributed by atoms with Gasteiger partial charge in [0.05, 0.1) is 17.1 Å². The Bertz CT molecular complexity index is 1360. The van der Waals surface area contributed by atoms with Crippen LogP contribution in [0.1, 0.15) is 48.7 Å². The van der Waals surface area contributed by atoms with Crippen LogP contribution in [0.5, 0.6) is 5.75 Å². The molecule has 33 heavy (non-hydrogen) atoms. The van der Waals surface area contributed by atoms with Gasteiger partial charge in [-0.1, -0.05) is 59.6 Å². The minimum Gasteiger partial charge on any atom is -0.489 e. The molecule has 6 heteroatoms. The molecule has 0 aliphatic rings. The van der Waals surface area contributed by atoms with E-state index in [1.54, 1.807) is 12.3 Å². The molecule has 0 saturated carbocycles. The fourth-order valence-electron chi connectivity index (χ4n) is 3.52. The lowest BCUT2D eigenvalue weighted by Gasteiger charge is -2.14. The van der Waals surface area contributed by atoms with Crippen molar-refractivity contribution in [3.63, 3.8) is 0 Å². The second kappa shape index (κ2) is 10.1. The summed E-state index contributed by atoms with van der Waals surface area (Å²) in [6, 6.07) is 21.5. The zero-order valence-electron chi connectivity index (χ0n) is 19.0. The lowest BCUT2D eigenvalue weighted by Crippen LogP contribution is -2.23. The first kappa shape index (κ1) is 22.9. The molecule has 4 aromatic rings. The lowest BCUT2D eigenvalue weighted by atomic mass is 10.1. The Hall–Kier alpha value is -3.25. The summed E-state index contributed by atoms with van der Waals surface area (Å²) in [5, 5.41) is 5.05. The van der Waals surface area contributed by atoms with Crippen LogP contribution in [0, 0.1) is 6.92 Å². The Morgan fingerprint density at radius 3 is 2.64 bits per heavy atom. The van der Waals surface area contributed by atoms with E-state index >= 15 is 0 Å². The van der Waals surface area contributed by atoms with Crippen molar-refractivity contribution in [2.45, 2.75) is 39.7 Å². The normalized spacial score (nSPS) is 12.4. The summed E-state index contributed by atoms with van der Waals surface area (Å²) >= 11 is 3.44. The number of rotatable bonds is 7. The van der Waals surface area contributed by atoms with Gasteiger partial charge in [0, 0.05) is 10.4 Å². The number of hydrogen-bond donors (Lipinski definition) is 0. The topological polar surface area (TPSA) is 56.5 Å².